The Kier molecular flexibility index (Phi) is 8.48. The molecule has 0 aliphatic heterocycles. The van der Waals surface area contributed by atoms with E-state index in [1.165, 1.54) is 0 Å². The molecule has 0 spiro atoms. The van der Waals surface area contributed by atoms with Crippen LogP contribution in [0, 0.1) is 5.41 Å². The minimum Gasteiger partial charge on any atom is -0.456 e. The monoisotopic (exact) mass is 770 g/mol. The SMILES string of the molecule is N=C1/C(=N\Nc2ccccc2)C=Cc2ccc3cc(-c4ccccc4-c4nc(-c5ccc(-c6ccccc6)cc5)nc(-c5cccc6oc7ccccc7c56)n4)ccc3c21. The molecule has 8 aromatic carbocycles. The predicted octanol–water partition coefficient (Wildman–Crippen LogP) is 13.1. The Labute approximate surface area is 345 Å². The molecule has 0 saturated carbocycles. The quantitative estimate of drug-likeness (QED) is 0.157. The molecule has 2 N–H and O–H groups in total. The van der Waals surface area contributed by atoms with Crippen LogP contribution >= 0.6 is 0 Å². The first-order valence-electron chi connectivity index (χ1n) is 19.8. The van der Waals surface area contributed by atoms with Crippen LogP contribution in [-0.4, -0.2) is 26.4 Å². The molecule has 1 aliphatic carbocycles. The average Bonchev–Trinajstić information content (AvgIpc) is 3.71. The molecule has 0 unspecified atom stereocenters. The van der Waals surface area contributed by atoms with E-state index < -0.39 is 0 Å². The maximum atomic E-state index is 9.21. The first-order valence-corrected chi connectivity index (χ1v) is 19.8. The molecule has 11 rings (SSSR count). The van der Waals surface area contributed by atoms with Crippen molar-refractivity contribution in [2.75, 3.05) is 5.43 Å². The van der Waals surface area contributed by atoms with Crippen LogP contribution in [0.2, 0.25) is 0 Å². The second-order valence-electron chi connectivity index (χ2n) is 14.7. The fraction of sp³-hybridized carbons (Fsp3) is 0. The predicted molar refractivity (Wildman–Crippen MR) is 245 cm³/mol. The van der Waals surface area contributed by atoms with E-state index in [4.69, 9.17) is 19.4 Å². The van der Waals surface area contributed by atoms with Crippen LogP contribution in [0.1, 0.15) is 11.1 Å². The molecule has 0 saturated heterocycles. The van der Waals surface area contributed by atoms with Crippen LogP contribution < -0.4 is 5.43 Å². The van der Waals surface area contributed by atoms with Gasteiger partial charge in [0.25, 0.3) is 0 Å². The van der Waals surface area contributed by atoms with Crippen molar-refractivity contribution in [3.63, 3.8) is 0 Å². The molecule has 2 heterocycles. The van der Waals surface area contributed by atoms with Gasteiger partial charge in [0.15, 0.2) is 17.5 Å². The topological polar surface area (TPSA) is 100 Å². The number of allylic oxidation sites excluding steroid dienone is 1. The fourth-order valence-electron chi connectivity index (χ4n) is 8.12. The number of nitrogens with one attached hydrogen (secondary N) is 2. The zero-order chi connectivity index (χ0) is 40.0. The zero-order valence-corrected chi connectivity index (χ0v) is 32.2. The van der Waals surface area contributed by atoms with Crippen molar-refractivity contribution in [3.05, 3.63) is 199 Å². The fourth-order valence-corrected chi connectivity index (χ4v) is 8.12. The molecule has 2 aromatic heterocycles. The number of nitrogens with zero attached hydrogens (tertiary/aromatic N) is 4. The standard InChI is InChI=1S/C53H34N6O/c54-50-45(59-58-39-14-5-2-6-15-39)31-29-35-24-27-38-32-37(28-30-41(38)48(35)50)40-16-7-8-17-42(40)52-55-51(36-25-22-34(23-26-36)33-12-3-1-4-13-33)56-53(57-52)44-19-11-21-47-49(44)43-18-9-10-20-46(43)60-47/h1-32,54,58H/b54-50?,59-45-. The number of benzene rings is 8. The van der Waals surface area contributed by atoms with E-state index in [9.17, 15) is 5.41 Å². The molecular formula is C53H34N6O. The number of aromatic nitrogens is 3. The lowest BCUT2D eigenvalue weighted by atomic mass is 9.88. The summed E-state index contributed by atoms with van der Waals surface area (Å²) in [5.74, 6) is 1.70. The highest BCUT2D eigenvalue weighted by Crippen LogP contribution is 2.39. The van der Waals surface area contributed by atoms with Gasteiger partial charge in [0.1, 0.15) is 16.9 Å². The van der Waals surface area contributed by atoms with Crippen molar-refractivity contribution in [1.29, 1.82) is 5.41 Å². The number of anilines is 1. The van der Waals surface area contributed by atoms with Gasteiger partial charge in [0, 0.05) is 33.0 Å². The molecule has 0 bridgehead atoms. The van der Waals surface area contributed by atoms with Gasteiger partial charge in [-0.05, 0) is 75.0 Å². The van der Waals surface area contributed by atoms with E-state index >= 15 is 0 Å². The number of hydrogen-bond donors (Lipinski definition) is 2. The van der Waals surface area contributed by atoms with E-state index in [1.807, 2.05) is 103 Å². The van der Waals surface area contributed by atoms with Crippen molar-refractivity contribution in [1.82, 2.24) is 15.0 Å². The lowest BCUT2D eigenvalue weighted by Crippen LogP contribution is -2.18. The zero-order valence-electron chi connectivity index (χ0n) is 32.2. The normalized spacial score (nSPS) is 13.0. The Hall–Kier alpha value is -8.29. The van der Waals surface area contributed by atoms with Crippen LogP contribution in [0.5, 0.6) is 0 Å². The van der Waals surface area contributed by atoms with Crippen LogP contribution in [0.4, 0.5) is 5.69 Å². The van der Waals surface area contributed by atoms with E-state index in [2.05, 4.69) is 102 Å². The van der Waals surface area contributed by atoms with Crippen molar-refractivity contribution >= 4 is 55.9 Å². The molecule has 0 amide bonds. The number of furan rings is 1. The summed E-state index contributed by atoms with van der Waals surface area (Å²) in [6.07, 6.45) is 3.92. The highest BCUT2D eigenvalue weighted by molar-refractivity contribution is 6.55. The summed E-state index contributed by atoms with van der Waals surface area (Å²) >= 11 is 0. The van der Waals surface area contributed by atoms with E-state index in [0.29, 0.717) is 28.9 Å². The van der Waals surface area contributed by atoms with Gasteiger partial charge in [-0.15, -0.1) is 0 Å². The maximum absolute atomic E-state index is 9.21. The van der Waals surface area contributed by atoms with E-state index in [1.54, 1.807) is 0 Å². The van der Waals surface area contributed by atoms with E-state index in [0.717, 1.165) is 88.5 Å². The van der Waals surface area contributed by atoms with Gasteiger partial charge in [-0.25, -0.2) is 15.0 Å². The summed E-state index contributed by atoms with van der Waals surface area (Å²) in [7, 11) is 0. The molecule has 7 nitrogen and oxygen atoms in total. The summed E-state index contributed by atoms with van der Waals surface area (Å²) in [5, 5.41) is 17.8. The largest absolute Gasteiger partial charge is 0.456 e. The summed E-state index contributed by atoms with van der Waals surface area (Å²) in [4.78, 5) is 15.6. The first kappa shape index (κ1) is 34.9. The molecule has 10 aromatic rings. The smallest absolute Gasteiger partial charge is 0.164 e. The minimum absolute atomic E-state index is 0.372. The lowest BCUT2D eigenvalue weighted by molar-refractivity contribution is 0.669. The van der Waals surface area contributed by atoms with Crippen molar-refractivity contribution in [2.24, 2.45) is 5.10 Å². The third kappa shape index (κ3) is 6.22. The van der Waals surface area contributed by atoms with E-state index in [-0.39, 0.29) is 0 Å². The van der Waals surface area contributed by atoms with Gasteiger partial charge < -0.3 is 4.42 Å². The van der Waals surface area contributed by atoms with Gasteiger partial charge in [-0.1, -0.05) is 158 Å². The molecular weight excluding hydrogens is 737 g/mol. The summed E-state index contributed by atoms with van der Waals surface area (Å²) in [6.45, 7) is 0. The van der Waals surface area contributed by atoms with Crippen LogP contribution in [0.25, 0.3) is 95.2 Å². The first-order chi connectivity index (χ1) is 29.6. The van der Waals surface area contributed by atoms with Gasteiger partial charge in [0.2, 0.25) is 0 Å². The van der Waals surface area contributed by atoms with Crippen LogP contribution in [0.15, 0.2) is 198 Å². The van der Waals surface area contributed by atoms with Crippen molar-refractivity contribution in [3.8, 4) is 56.4 Å². The molecule has 0 radical (unpaired) electrons. The van der Waals surface area contributed by atoms with Crippen molar-refractivity contribution in [2.45, 2.75) is 0 Å². The third-order valence-electron chi connectivity index (χ3n) is 11.1. The van der Waals surface area contributed by atoms with Gasteiger partial charge >= 0.3 is 0 Å². The van der Waals surface area contributed by atoms with Crippen LogP contribution in [0.3, 0.4) is 0 Å². The van der Waals surface area contributed by atoms with Gasteiger partial charge in [-0.3, -0.25) is 10.8 Å². The highest BCUT2D eigenvalue weighted by Gasteiger charge is 2.22. The van der Waals surface area contributed by atoms with Gasteiger partial charge in [0.05, 0.1) is 11.4 Å². The van der Waals surface area contributed by atoms with Crippen molar-refractivity contribution < 1.29 is 4.42 Å². The number of fused-ring (bicyclic) bond motifs is 6. The molecule has 282 valence electrons. The summed E-state index contributed by atoms with van der Waals surface area (Å²) < 4.78 is 6.29. The minimum atomic E-state index is 0.372. The number of hydrogen-bond acceptors (Lipinski definition) is 7. The third-order valence-corrected chi connectivity index (χ3v) is 11.1. The van der Waals surface area contributed by atoms with Crippen LogP contribution in [-0.2, 0) is 0 Å². The lowest BCUT2D eigenvalue weighted by Gasteiger charge is -2.18. The summed E-state index contributed by atoms with van der Waals surface area (Å²) in [5.41, 5.74) is 15.2. The molecule has 0 fully saturated rings. The summed E-state index contributed by atoms with van der Waals surface area (Å²) in [6, 6.07) is 61.5. The second kappa shape index (κ2) is 14.6. The number of rotatable bonds is 7. The molecule has 1 aliphatic rings. The second-order valence-corrected chi connectivity index (χ2v) is 14.7. The Bertz CT molecular complexity index is 3350. The Morgan fingerprint density at radius 1 is 0.467 bits per heavy atom. The van der Waals surface area contributed by atoms with Gasteiger partial charge in [-0.2, -0.15) is 5.10 Å². The number of para-hydroxylation sites is 2. The Balaban J connectivity index is 1.03. The Morgan fingerprint density at radius 3 is 1.93 bits per heavy atom. The number of hydrazone groups is 1. The highest BCUT2D eigenvalue weighted by atomic mass is 16.3. The molecule has 0 atom stereocenters. The molecule has 7 heteroatoms. The Morgan fingerprint density at radius 2 is 1.10 bits per heavy atom. The average molecular weight is 771 g/mol. The molecule has 60 heavy (non-hydrogen) atoms. The maximum Gasteiger partial charge on any atom is 0.164 e.